The summed E-state index contributed by atoms with van der Waals surface area (Å²) in [6, 6.07) is -1.26. The first-order valence-electron chi connectivity index (χ1n) is 7.13. The molecule has 0 spiro atoms. The highest BCUT2D eigenvalue weighted by Gasteiger charge is 2.35. The van der Waals surface area contributed by atoms with Gasteiger partial charge in [0.1, 0.15) is 0 Å². The topological polar surface area (TPSA) is 102 Å². The Kier molecular flexibility index (Phi) is 6.77. The second kappa shape index (κ2) is 8.09. The summed E-state index contributed by atoms with van der Waals surface area (Å²) >= 11 is 0. The molecule has 6 nitrogen and oxygen atoms in total. The number of nitrogens with two attached hydrogens (primary N) is 1. The zero-order valence-electron chi connectivity index (χ0n) is 12.3. The molecule has 3 unspecified atom stereocenters. The third-order valence-electron chi connectivity index (χ3n) is 3.62. The molecule has 4 N–H and O–H groups in total. The second-order valence-electron chi connectivity index (χ2n) is 5.13. The van der Waals surface area contributed by atoms with Gasteiger partial charge in [-0.15, -0.1) is 0 Å². The molecule has 7 heteroatoms. The lowest BCUT2D eigenvalue weighted by atomic mass is 9.88. The lowest BCUT2D eigenvalue weighted by Crippen LogP contribution is -2.57. The van der Waals surface area contributed by atoms with Crippen LogP contribution in [0.15, 0.2) is 11.6 Å². The summed E-state index contributed by atoms with van der Waals surface area (Å²) in [6.07, 6.45) is 2.34. The Balaban J connectivity index is 2.96. The van der Waals surface area contributed by atoms with Crippen LogP contribution in [-0.2, 0) is 14.3 Å². The molecular formula is C14H23FN2O4. The molecule has 0 bridgehead atoms. The van der Waals surface area contributed by atoms with Crippen LogP contribution < -0.4 is 11.1 Å². The lowest BCUT2D eigenvalue weighted by molar-refractivity contribution is -0.133. The first-order valence-corrected chi connectivity index (χ1v) is 7.13. The van der Waals surface area contributed by atoms with Gasteiger partial charge in [0.2, 0.25) is 0 Å². The number of alkyl halides is 1. The van der Waals surface area contributed by atoms with Gasteiger partial charge in [-0.05, 0) is 25.3 Å². The highest BCUT2D eigenvalue weighted by atomic mass is 19.1. The minimum absolute atomic E-state index is 0.0728. The van der Waals surface area contributed by atoms with Gasteiger partial charge in [-0.1, -0.05) is 13.8 Å². The Morgan fingerprint density at radius 1 is 1.52 bits per heavy atom. The average molecular weight is 302 g/mol. The predicted molar refractivity (Wildman–Crippen MR) is 75.5 cm³/mol. The van der Waals surface area contributed by atoms with Gasteiger partial charge in [-0.25, -0.2) is 9.18 Å². The molecule has 0 aromatic carbocycles. The van der Waals surface area contributed by atoms with Crippen molar-refractivity contribution in [2.45, 2.75) is 57.4 Å². The zero-order valence-corrected chi connectivity index (χ0v) is 12.3. The minimum atomic E-state index is -1.14. The molecule has 1 amide bonds. The Labute approximate surface area is 123 Å². The van der Waals surface area contributed by atoms with Crippen LogP contribution in [0.1, 0.15) is 33.1 Å². The van der Waals surface area contributed by atoms with E-state index in [0.717, 1.165) is 12.8 Å². The molecule has 0 saturated heterocycles. The lowest BCUT2D eigenvalue weighted by Gasteiger charge is -2.36. The van der Waals surface area contributed by atoms with Gasteiger partial charge in [-0.3, -0.25) is 4.79 Å². The van der Waals surface area contributed by atoms with Crippen molar-refractivity contribution in [1.82, 2.24) is 5.32 Å². The largest absolute Gasteiger partial charge is 0.478 e. The molecule has 3 atom stereocenters. The molecule has 0 radical (unpaired) electrons. The van der Waals surface area contributed by atoms with Gasteiger partial charge in [-0.2, -0.15) is 0 Å². The van der Waals surface area contributed by atoms with E-state index in [4.69, 9.17) is 15.6 Å². The van der Waals surface area contributed by atoms with Crippen molar-refractivity contribution < 1.29 is 23.8 Å². The molecule has 1 aliphatic carbocycles. The number of ether oxygens (including phenoxy) is 1. The number of rotatable bonds is 7. The van der Waals surface area contributed by atoms with E-state index in [2.05, 4.69) is 5.32 Å². The maximum atomic E-state index is 12.4. The quantitative estimate of drug-likeness (QED) is 0.644. The number of amides is 1. The number of hydrogen-bond donors (Lipinski definition) is 3. The highest BCUT2D eigenvalue weighted by Crippen LogP contribution is 2.23. The Morgan fingerprint density at radius 3 is 2.62 bits per heavy atom. The average Bonchev–Trinajstić information content (AvgIpc) is 2.46. The summed E-state index contributed by atoms with van der Waals surface area (Å²) in [5.41, 5.74) is 6.09. The normalized spacial score (nSPS) is 25.6. The molecule has 1 aliphatic rings. The molecule has 1 rings (SSSR count). The van der Waals surface area contributed by atoms with Gasteiger partial charge >= 0.3 is 5.97 Å². The van der Waals surface area contributed by atoms with E-state index in [1.807, 2.05) is 13.8 Å². The Morgan fingerprint density at radius 2 is 2.14 bits per heavy atom. The Hall–Kier alpha value is -1.47. The number of carboxylic acids is 1. The number of hydrogen-bond acceptors (Lipinski definition) is 4. The van der Waals surface area contributed by atoms with Crippen LogP contribution in [0.5, 0.6) is 0 Å². The van der Waals surface area contributed by atoms with Gasteiger partial charge in [0.15, 0.2) is 6.67 Å². The van der Waals surface area contributed by atoms with E-state index in [9.17, 15) is 14.0 Å². The molecule has 0 aromatic heterocycles. The molecule has 0 fully saturated rings. The molecule has 0 aliphatic heterocycles. The monoisotopic (exact) mass is 302 g/mol. The summed E-state index contributed by atoms with van der Waals surface area (Å²) < 4.78 is 18.2. The van der Waals surface area contributed by atoms with Crippen LogP contribution in [-0.4, -0.2) is 47.9 Å². The van der Waals surface area contributed by atoms with E-state index < -0.39 is 36.7 Å². The molecule has 21 heavy (non-hydrogen) atoms. The number of carbonyl (C=O) groups excluding carboxylic acids is 1. The fourth-order valence-electron chi connectivity index (χ4n) is 2.39. The van der Waals surface area contributed by atoms with Crippen molar-refractivity contribution in [2.75, 3.05) is 6.67 Å². The van der Waals surface area contributed by atoms with E-state index in [1.54, 1.807) is 0 Å². The van der Waals surface area contributed by atoms with E-state index >= 15 is 0 Å². The van der Waals surface area contributed by atoms with E-state index in [1.165, 1.54) is 6.08 Å². The molecule has 120 valence electrons. The number of aliphatic carboxylic acids is 1. The second-order valence-corrected chi connectivity index (χ2v) is 5.13. The highest BCUT2D eigenvalue weighted by molar-refractivity contribution is 5.87. The number of carboxylic acid groups (broad SMARTS) is 1. The van der Waals surface area contributed by atoms with Gasteiger partial charge in [0.05, 0.1) is 18.2 Å². The van der Waals surface area contributed by atoms with Crippen molar-refractivity contribution >= 4 is 11.9 Å². The molecule has 0 aromatic rings. The summed E-state index contributed by atoms with van der Waals surface area (Å²) in [5, 5.41) is 11.6. The standard InChI is InChI=1S/C14H23FN2O4/c1-3-9(4-2)21-11-6-8(14(19)20)5-10(16)13(11)17-12(18)7-15/h6,9-11,13H,3-5,7,16H2,1-2H3,(H,17,18)(H,19,20). The number of carbonyl (C=O) groups is 2. The maximum Gasteiger partial charge on any atom is 0.331 e. The number of nitrogens with one attached hydrogen (secondary N) is 1. The van der Waals surface area contributed by atoms with Gasteiger partial charge in [0, 0.05) is 11.6 Å². The third-order valence-corrected chi connectivity index (χ3v) is 3.62. The van der Waals surface area contributed by atoms with Crippen molar-refractivity contribution in [3.05, 3.63) is 11.6 Å². The van der Waals surface area contributed by atoms with Crippen LogP contribution >= 0.6 is 0 Å². The van der Waals surface area contributed by atoms with Gasteiger partial charge in [0.25, 0.3) is 5.91 Å². The Bertz CT molecular complexity index is 410. The smallest absolute Gasteiger partial charge is 0.331 e. The van der Waals surface area contributed by atoms with Crippen molar-refractivity contribution in [2.24, 2.45) is 5.73 Å². The fraction of sp³-hybridized carbons (Fsp3) is 0.714. The van der Waals surface area contributed by atoms with E-state index in [0.29, 0.717) is 0 Å². The number of halogens is 1. The van der Waals surface area contributed by atoms with Crippen molar-refractivity contribution in [3.8, 4) is 0 Å². The van der Waals surface area contributed by atoms with Crippen molar-refractivity contribution in [3.63, 3.8) is 0 Å². The SMILES string of the molecule is CCC(CC)OC1C=C(C(=O)O)CC(N)C1NC(=O)CF. The third kappa shape index (κ3) is 4.78. The minimum Gasteiger partial charge on any atom is -0.478 e. The first-order chi connectivity index (χ1) is 9.92. The molecule has 0 heterocycles. The fourth-order valence-corrected chi connectivity index (χ4v) is 2.39. The van der Waals surface area contributed by atoms with Crippen LogP contribution in [0.2, 0.25) is 0 Å². The first kappa shape index (κ1) is 17.6. The van der Waals surface area contributed by atoms with Crippen LogP contribution in [0.3, 0.4) is 0 Å². The van der Waals surface area contributed by atoms with Crippen LogP contribution in [0, 0.1) is 0 Å². The molecule has 0 saturated carbocycles. The van der Waals surface area contributed by atoms with Crippen LogP contribution in [0.25, 0.3) is 0 Å². The summed E-state index contributed by atoms with van der Waals surface area (Å²) in [7, 11) is 0. The summed E-state index contributed by atoms with van der Waals surface area (Å²) in [6.45, 7) is 2.76. The van der Waals surface area contributed by atoms with Gasteiger partial charge < -0.3 is 20.9 Å². The maximum absolute atomic E-state index is 12.4. The van der Waals surface area contributed by atoms with Crippen LogP contribution in [0.4, 0.5) is 4.39 Å². The summed E-state index contributed by atoms with van der Waals surface area (Å²) in [4.78, 5) is 22.4. The summed E-state index contributed by atoms with van der Waals surface area (Å²) in [5.74, 6) is -1.83. The van der Waals surface area contributed by atoms with Crippen molar-refractivity contribution in [1.29, 1.82) is 0 Å². The molecular weight excluding hydrogens is 279 g/mol. The van der Waals surface area contributed by atoms with E-state index in [-0.39, 0.29) is 18.1 Å². The predicted octanol–water partition coefficient (Wildman–Crippen LogP) is 0.757. The zero-order chi connectivity index (χ0) is 16.0.